The monoisotopic (exact) mass is 346 g/mol. The topological polar surface area (TPSA) is 49.3 Å². The average molecular weight is 346 g/mol. The van der Waals surface area contributed by atoms with Crippen molar-refractivity contribution >= 4 is 17.2 Å². The zero-order valence-electron chi connectivity index (χ0n) is 13.5. The molecular weight excluding hydrogens is 327 g/mol. The molecule has 5 nitrogen and oxygen atoms in total. The predicted molar refractivity (Wildman–Crippen MR) is 89.2 cm³/mol. The fourth-order valence-electron chi connectivity index (χ4n) is 3.81. The third-order valence-electron chi connectivity index (χ3n) is 4.87. The lowest BCUT2D eigenvalue weighted by molar-refractivity contribution is 0.0772. The number of carbonyl (C=O) groups is 1. The van der Waals surface area contributed by atoms with Crippen molar-refractivity contribution in [2.75, 3.05) is 26.2 Å². The van der Waals surface area contributed by atoms with E-state index in [2.05, 4.69) is 20.2 Å². The standard InChI is InChI=1S/C17H19FN4OS/c1-11-20-15(10-24-11)9-21-5-13-7-22(8-14(13)6-21)17(23)12-2-3-19-16(18)4-12/h2-4,10,13-14H,5-9H2,1H3/t13-,14+. The fourth-order valence-corrected chi connectivity index (χ4v) is 4.42. The van der Waals surface area contributed by atoms with E-state index in [0.717, 1.165) is 43.4 Å². The van der Waals surface area contributed by atoms with Crippen LogP contribution in [0.4, 0.5) is 4.39 Å². The van der Waals surface area contributed by atoms with E-state index in [1.54, 1.807) is 17.4 Å². The van der Waals surface area contributed by atoms with Gasteiger partial charge in [0.25, 0.3) is 5.91 Å². The van der Waals surface area contributed by atoms with Crippen molar-refractivity contribution in [3.05, 3.63) is 45.9 Å². The number of fused-ring (bicyclic) bond motifs is 1. The van der Waals surface area contributed by atoms with Gasteiger partial charge in [0, 0.05) is 55.9 Å². The number of halogens is 1. The van der Waals surface area contributed by atoms with Crippen molar-refractivity contribution in [1.82, 2.24) is 19.8 Å². The van der Waals surface area contributed by atoms with E-state index < -0.39 is 5.95 Å². The molecule has 4 rings (SSSR count). The number of carbonyl (C=O) groups excluding carboxylic acids is 1. The van der Waals surface area contributed by atoms with Crippen LogP contribution in [0.2, 0.25) is 0 Å². The summed E-state index contributed by atoms with van der Waals surface area (Å²) in [5.74, 6) is 0.304. The molecule has 2 atom stereocenters. The molecule has 7 heteroatoms. The molecular formula is C17H19FN4OS. The van der Waals surface area contributed by atoms with Crippen LogP contribution in [0.1, 0.15) is 21.1 Å². The number of aromatic nitrogens is 2. The summed E-state index contributed by atoms with van der Waals surface area (Å²) in [5.41, 5.74) is 1.52. The van der Waals surface area contributed by atoms with E-state index in [1.807, 2.05) is 11.8 Å². The lowest BCUT2D eigenvalue weighted by Crippen LogP contribution is -2.33. The molecule has 0 N–H and O–H groups in total. The molecule has 0 spiro atoms. The van der Waals surface area contributed by atoms with Crippen LogP contribution in [0.3, 0.4) is 0 Å². The maximum atomic E-state index is 13.2. The van der Waals surface area contributed by atoms with Crippen LogP contribution < -0.4 is 0 Å². The van der Waals surface area contributed by atoms with E-state index in [4.69, 9.17) is 0 Å². The zero-order valence-corrected chi connectivity index (χ0v) is 14.3. The van der Waals surface area contributed by atoms with Gasteiger partial charge in [-0.25, -0.2) is 9.97 Å². The van der Waals surface area contributed by atoms with Gasteiger partial charge >= 0.3 is 0 Å². The lowest BCUT2D eigenvalue weighted by atomic mass is 10.0. The van der Waals surface area contributed by atoms with Crippen LogP contribution >= 0.6 is 11.3 Å². The van der Waals surface area contributed by atoms with Crippen molar-refractivity contribution in [3.63, 3.8) is 0 Å². The van der Waals surface area contributed by atoms with Crippen molar-refractivity contribution in [2.24, 2.45) is 11.8 Å². The van der Waals surface area contributed by atoms with Gasteiger partial charge in [0.05, 0.1) is 10.7 Å². The van der Waals surface area contributed by atoms with Crippen LogP contribution in [0.25, 0.3) is 0 Å². The summed E-state index contributed by atoms with van der Waals surface area (Å²) in [6.45, 7) is 6.41. The first kappa shape index (κ1) is 15.7. The maximum absolute atomic E-state index is 13.2. The van der Waals surface area contributed by atoms with E-state index in [9.17, 15) is 9.18 Å². The molecule has 1 amide bonds. The Balaban J connectivity index is 1.36. The lowest BCUT2D eigenvalue weighted by Gasteiger charge is -2.21. The molecule has 0 unspecified atom stereocenters. The SMILES string of the molecule is Cc1nc(CN2C[C@@H]3CN(C(=O)c4ccnc(F)c4)C[C@@H]3C2)cs1. The molecule has 0 bridgehead atoms. The first-order valence-corrected chi connectivity index (χ1v) is 9.00. The second kappa shape index (κ2) is 6.22. The van der Waals surface area contributed by atoms with Gasteiger partial charge in [-0.15, -0.1) is 11.3 Å². The molecule has 126 valence electrons. The number of amides is 1. The van der Waals surface area contributed by atoms with Crippen LogP contribution in [-0.2, 0) is 6.54 Å². The molecule has 2 aromatic rings. The van der Waals surface area contributed by atoms with Gasteiger partial charge < -0.3 is 4.90 Å². The highest BCUT2D eigenvalue weighted by Gasteiger charge is 2.41. The van der Waals surface area contributed by atoms with Crippen molar-refractivity contribution in [3.8, 4) is 0 Å². The molecule has 0 aromatic carbocycles. The average Bonchev–Trinajstić information content (AvgIpc) is 3.21. The number of rotatable bonds is 3. The Morgan fingerprint density at radius 1 is 1.33 bits per heavy atom. The number of pyridine rings is 1. The Hall–Kier alpha value is -1.86. The van der Waals surface area contributed by atoms with Crippen LogP contribution in [0.5, 0.6) is 0 Å². The smallest absolute Gasteiger partial charge is 0.254 e. The van der Waals surface area contributed by atoms with Crippen molar-refractivity contribution in [1.29, 1.82) is 0 Å². The number of thiazole rings is 1. The summed E-state index contributed by atoms with van der Waals surface area (Å²) < 4.78 is 13.2. The van der Waals surface area contributed by atoms with E-state index in [1.165, 1.54) is 12.3 Å². The molecule has 2 aromatic heterocycles. The van der Waals surface area contributed by atoms with Crippen molar-refractivity contribution < 1.29 is 9.18 Å². The van der Waals surface area contributed by atoms with Gasteiger partial charge in [-0.2, -0.15) is 4.39 Å². The van der Waals surface area contributed by atoms with Gasteiger partial charge in [0.15, 0.2) is 0 Å². The molecule has 4 heterocycles. The zero-order chi connectivity index (χ0) is 16.7. The number of hydrogen-bond donors (Lipinski definition) is 0. The number of hydrogen-bond acceptors (Lipinski definition) is 5. The van der Waals surface area contributed by atoms with Gasteiger partial charge in [-0.3, -0.25) is 9.69 Å². The molecule has 2 saturated heterocycles. The Morgan fingerprint density at radius 2 is 2.08 bits per heavy atom. The fraction of sp³-hybridized carbons (Fsp3) is 0.471. The molecule has 24 heavy (non-hydrogen) atoms. The van der Waals surface area contributed by atoms with E-state index in [0.29, 0.717) is 17.4 Å². The van der Waals surface area contributed by atoms with Crippen LogP contribution in [0, 0.1) is 24.7 Å². The largest absolute Gasteiger partial charge is 0.338 e. The third-order valence-corrected chi connectivity index (χ3v) is 5.70. The molecule has 0 radical (unpaired) electrons. The van der Waals surface area contributed by atoms with Crippen LogP contribution in [0.15, 0.2) is 23.7 Å². The van der Waals surface area contributed by atoms with Crippen LogP contribution in [-0.4, -0.2) is 51.9 Å². The Morgan fingerprint density at radius 3 is 2.71 bits per heavy atom. The Kier molecular flexibility index (Phi) is 4.05. The molecule has 2 aliphatic rings. The molecule has 0 saturated carbocycles. The van der Waals surface area contributed by atoms with Gasteiger partial charge in [-0.1, -0.05) is 0 Å². The Bertz CT molecular complexity index is 751. The minimum Gasteiger partial charge on any atom is -0.338 e. The van der Waals surface area contributed by atoms with Gasteiger partial charge in [0.1, 0.15) is 0 Å². The number of nitrogens with zero attached hydrogens (tertiary/aromatic N) is 4. The predicted octanol–water partition coefficient (Wildman–Crippen LogP) is 2.19. The second-order valence-corrected chi connectivity index (χ2v) is 7.71. The number of aryl methyl sites for hydroxylation is 1. The highest BCUT2D eigenvalue weighted by atomic mass is 32.1. The van der Waals surface area contributed by atoms with Crippen molar-refractivity contribution in [2.45, 2.75) is 13.5 Å². The minimum atomic E-state index is -0.607. The summed E-state index contributed by atoms with van der Waals surface area (Å²) in [6.07, 6.45) is 1.34. The van der Waals surface area contributed by atoms with Gasteiger partial charge in [0.2, 0.25) is 5.95 Å². The molecule has 2 aliphatic heterocycles. The molecule has 0 aliphatic carbocycles. The summed E-state index contributed by atoms with van der Waals surface area (Å²) in [6, 6.07) is 2.80. The highest BCUT2D eigenvalue weighted by molar-refractivity contribution is 7.09. The third kappa shape index (κ3) is 3.06. The summed E-state index contributed by atoms with van der Waals surface area (Å²) >= 11 is 1.69. The highest BCUT2D eigenvalue weighted by Crippen LogP contribution is 2.32. The minimum absolute atomic E-state index is 0.0904. The van der Waals surface area contributed by atoms with E-state index >= 15 is 0 Å². The summed E-state index contributed by atoms with van der Waals surface area (Å²) in [4.78, 5) is 24.8. The second-order valence-electron chi connectivity index (χ2n) is 6.65. The quantitative estimate of drug-likeness (QED) is 0.800. The van der Waals surface area contributed by atoms with Gasteiger partial charge in [-0.05, 0) is 24.8 Å². The summed E-state index contributed by atoms with van der Waals surface area (Å²) in [5, 5.41) is 3.22. The number of likely N-dealkylation sites (tertiary alicyclic amines) is 2. The van der Waals surface area contributed by atoms with E-state index in [-0.39, 0.29) is 5.91 Å². The first-order valence-electron chi connectivity index (χ1n) is 8.12. The normalized spacial score (nSPS) is 23.7. The Labute approximate surface area is 144 Å². The summed E-state index contributed by atoms with van der Waals surface area (Å²) in [7, 11) is 0. The maximum Gasteiger partial charge on any atom is 0.254 e. The first-order chi connectivity index (χ1) is 11.6. The molecule has 2 fully saturated rings.